The lowest BCUT2D eigenvalue weighted by atomic mass is 10.00. The van der Waals surface area contributed by atoms with Gasteiger partial charge < -0.3 is 15.2 Å². The second kappa shape index (κ2) is 8.84. The molecule has 4 rings (SSSR count). The van der Waals surface area contributed by atoms with Gasteiger partial charge in [-0.05, 0) is 55.5 Å². The van der Waals surface area contributed by atoms with Gasteiger partial charge in [0.2, 0.25) is 0 Å². The fourth-order valence-corrected chi connectivity index (χ4v) is 5.52. The first-order valence-corrected chi connectivity index (χ1v) is 12.3. The highest BCUT2D eigenvalue weighted by Crippen LogP contribution is 2.29. The molecule has 1 aromatic heterocycles. The van der Waals surface area contributed by atoms with Gasteiger partial charge >= 0.3 is 0 Å². The van der Waals surface area contributed by atoms with Gasteiger partial charge in [-0.1, -0.05) is 0 Å². The molecule has 0 spiro atoms. The number of nitrogens with zero attached hydrogens (tertiary/aromatic N) is 3. The molecule has 166 valence electrons. The highest BCUT2D eigenvalue weighted by molar-refractivity contribution is 7.91. The fourth-order valence-electron chi connectivity index (χ4n) is 4.05. The van der Waals surface area contributed by atoms with Crippen LogP contribution in [0.4, 0.5) is 0 Å². The maximum atomic E-state index is 11.7. The fraction of sp³-hybridized carbons (Fsp3) is 0.455. The average molecular weight is 445 g/mol. The Bertz CT molecular complexity index is 1100. The lowest BCUT2D eigenvalue weighted by molar-refractivity contribution is 0.111. The number of hydrazone groups is 1. The topological polar surface area (TPSA) is 107 Å². The van der Waals surface area contributed by atoms with Gasteiger partial charge in [-0.2, -0.15) is 5.10 Å². The summed E-state index contributed by atoms with van der Waals surface area (Å²) in [4.78, 5) is 4.52. The normalized spacial score (nSPS) is 20.1. The Morgan fingerprint density at radius 1 is 1.42 bits per heavy atom. The molecule has 0 bridgehead atoms. The average Bonchev–Trinajstić information content (AvgIpc) is 2.77. The summed E-state index contributed by atoms with van der Waals surface area (Å²) >= 11 is 0. The molecule has 2 aliphatic rings. The standard InChI is InChI=1S/C22H28N4O4S/c1-15(21(23)13-26(24-2)17-6-9-31(27,28)10-7-17)30-18-3-4-22-20(11-18)19-5-8-29-14-16(19)12-25-22/h3-4,11-13,15,17H,2,5-10,14,23H2,1H3/b21-13-/t15-/m1/s1. The van der Waals surface area contributed by atoms with Crippen molar-refractivity contribution in [1.29, 1.82) is 0 Å². The number of rotatable bonds is 6. The van der Waals surface area contributed by atoms with E-state index < -0.39 is 15.9 Å². The number of hydrogen-bond acceptors (Lipinski definition) is 8. The van der Waals surface area contributed by atoms with Crippen LogP contribution in [-0.4, -0.2) is 55.4 Å². The predicted molar refractivity (Wildman–Crippen MR) is 121 cm³/mol. The van der Waals surface area contributed by atoms with E-state index in [2.05, 4.69) is 16.8 Å². The van der Waals surface area contributed by atoms with Crippen LogP contribution in [0.25, 0.3) is 10.9 Å². The second-order valence-electron chi connectivity index (χ2n) is 8.04. The molecule has 2 aliphatic heterocycles. The Balaban J connectivity index is 1.49. The zero-order chi connectivity index (χ0) is 22.0. The third-order valence-corrected chi connectivity index (χ3v) is 7.63. The van der Waals surface area contributed by atoms with E-state index in [9.17, 15) is 8.42 Å². The summed E-state index contributed by atoms with van der Waals surface area (Å²) in [5.74, 6) is 1.02. The SMILES string of the molecule is C=NN(/C=C(\N)[C@@H](C)Oc1ccc2ncc3c(c2c1)CCOC3)C1CCS(=O)(=O)CC1. The molecule has 0 unspecified atom stereocenters. The molecule has 9 heteroatoms. The predicted octanol–water partition coefficient (Wildman–Crippen LogP) is 2.37. The maximum Gasteiger partial charge on any atom is 0.150 e. The largest absolute Gasteiger partial charge is 0.484 e. The van der Waals surface area contributed by atoms with Crippen LogP contribution in [0.2, 0.25) is 0 Å². The number of fused-ring (bicyclic) bond motifs is 3. The molecule has 1 fully saturated rings. The summed E-state index contributed by atoms with van der Waals surface area (Å²) in [5.41, 5.74) is 10.1. The van der Waals surface area contributed by atoms with Gasteiger partial charge in [0.1, 0.15) is 21.7 Å². The Kier molecular flexibility index (Phi) is 6.15. The zero-order valence-electron chi connectivity index (χ0n) is 17.7. The van der Waals surface area contributed by atoms with Crippen LogP contribution in [0, 0.1) is 0 Å². The van der Waals surface area contributed by atoms with Crippen molar-refractivity contribution in [2.75, 3.05) is 18.1 Å². The maximum absolute atomic E-state index is 11.7. The van der Waals surface area contributed by atoms with Crippen molar-refractivity contribution in [3.8, 4) is 5.75 Å². The molecule has 0 aliphatic carbocycles. The number of hydrogen-bond donors (Lipinski definition) is 1. The Labute approximate surface area is 182 Å². The second-order valence-corrected chi connectivity index (χ2v) is 10.3. The van der Waals surface area contributed by atoms with E-state index in [0.29, 0.717) is 37.5 Å². The van der Waals surface area contributed by atoms with E-state index in [1.807, 2.05) is 31.3 Å². The first kappa shape index (κ1) is 21.6. The Morgan fingerprint density at radius 3 is 2.94 bits per heavy atom. The lowest BCUT2D eigenvalue weighted by Gasteiger charge is -2.30. The van der Waals surface area contributed by atoms with Gasteiger partial charge in [-0.3, -0.25) is 9.99 Å². The molecule has 0 saturated carbocycles. The molecule has 1 aromatic carbocycles. The first-order valence-electron chi connectivity index (χ1n) is 10.4. The minimum atomic E-state index is -2.95. The molecule has 1 saturated heterocycles. The number of ether oxygens (including phenoxy) is 2. The van der Waals surface area contributed by atoms with Crippen LogP contribution in [0.15, 0.2) is 41.4 Å². The quantitative estimate of drug-likeness (QED) is 0.538. The highest BCUT2D eigenvalue weighted by atomic mass is 32.2. The minimum absolute atomic E-state index is 0.0349. The van der Waals surface area contributed by atoms with Gasteiger partial charge in [0.15, 0.2) is 0 Å². The van der Waals surface area contributed by atoms with Crippen LogP contribution in [0.3, 0.4) is 0 Å². The molecule has 8 nitrogen and oxygen atoms in total. The molecule has 0 amide bonds. The smallest absolute Gasteiger partial charge is 0.150 e. The Morgan fingerprint density at radius 2 is 2.19 bits per heavy atom. The lowest BCUT2D eigenvalue weighted by Crippen LogP contribution is -2.36. The van der Waals surface area contributed by atoms with Crippen LogP contribution in [0.5, 0.6) is 5.75 Å². The highest BCUT2D eigenvalue weighted by Gasteiger charge is 2.27. The molecule has 0 radical (unpaired) electrons. The minimum Gasteiger partial charge on any atom is -0.484 e. The van der Waals surface area contributed by atoms with Crippen molar-refractivity contribution >= 4 is 27.5 Å². The van der Waals surface area contributed by atoms with Crippen molar-refractivity contribution in [3.63, 3.8) is 0 Å². The molecule has 3 heterocycles. The Hall–Kier alpha value is -2.65. The van der Waals surface area contributed by atoms with Crippen molar-refractivity contribution < 1.29 is 17.9 Å². The molecule has 31 heavy (non-hydrogen) atoms. The first-order chi connectivity index (χ1) is 14.9. The third-order valence-electron chi connectivity index (χ3n) is 5.92. The van der Waals surface area contributed by atoms with E-state index in [1.165, 1.54) is 5.56 Å². The number of aromatic nitrogens is 1. The zero-order valence-corrected chi connectivity index (χ0v) is 18.5. The molecular formula is C22H28N4O4S. The third kappa shape index (κ3) is 4.83. The number of sulfone groups is 1. The van der Waals surface area contributed by atoms with Crippen LogP contribution in [-0.2, 0) is 27.6 Å². The van der Waals surface area contributed by atoms with Crippen molar-refractivity contribution in [2.24, 2.45) is 10.8 Å². The van der Waals surface area contributed by atoms with Crippen LogP contribution in [0.1, 0.15) is 30.9 Å². The number of nitrogens with two attached hydrogens (primary N) is 1. The summed E-state index contributed by atoms with van der Waals surface area (Å²) in [6.07, 6.45) is 5.05. The van der Waals surface area contributed by atoms with E-state index in [-0.39, 0.29) is 17.5 Å². The van der Waals surface area contributed by atoms with Gasteiger partial charge in [-0.15, -0.1) is 0 Å². The monoisotopic (exact) mass is 444 g/mol. The van der Waals surface area contributed by atoms with Crippen LogP contribution < -0.4 is 10.5 Å². The molecule has 2 N–H and O–H groups in total. The summed E-state index contributed by atoms with van der Waals surface area (Å²) in [6.45, 7) is 6.77. The van der Waals surface area contributed by atoms with Crippen LogP contribution >= 0.6 is 0 Å². The van der Waals surface area contributed by atoms with E-state index in [0.717, 1.165) is 22.9 Å². The molecule has 2 aromatic rings. The molecular weight excluding hydrogens is 416 g/mol. The van der Waals surface area contributed by atoms with Gasteiger partial charge in [0.05, 0.1) is 42.0 Å². The number of pyridine rings is 1. The van der Waals surface area contributed by atoms with E-state index >= 15 is 0 Å². The number of benzene rings is 1. The summed E-state index contributed by atoms with van der Waals surface area (Å²) in [7, 11) is -2.95. The van der Waals surface area contributed by atoms with Gasteiger partial charge in [-0.25, -0.2) is 8.42 Å². The summed E-state index contributed by atoms with van der Waals surface area (Å²) in [6, 6.07) is 5.81. The summed E-state index contributed by atoms with van der Waals surface area (Å²) < 4.78 is 35.0. The van der Waals surface area contributed by atoms with Crippen molar-refractivity contribution in [1.82, 2.24) is 9.99 Å². The van der Waals surface area contributed by atoms with Crippen molar-refractivity contribution in [2.45, 2.75) is 44.9 Å². The van der Waals surface area contributed by atoms with Crippen molar-refractivity contribution in [3.05, 3.63) is 47.4 Å². The van der Waals surface area contributed by atoms with Gasteiger partial charge in [0.25, 0.3) is 0 Å². The summed E-state index contributed by atoms with van der Waals surface area (Å²) in [5, 5.41) is 6.77. The van der Waals surface area contributed by atoms with E-state index in [4.69, 9.17) is 15.2 Å². The molecule has 1 atom stereocenters. The van der Waals surface area contributed by atoms with E-state index in [1.54, 1.807) is 11.2 Å². The van der Waals surface area contributed by atoms with Gasteiger partial charge in [0, 0.05) is 24.5 Å².